The number of benzene rings is 3. The van der Waals surface area contributed by atoms with Crippen molar-refractivity contribution in [2.45, 2.75) is 0 Å². The summed E-state index contributed by atoms with van der Waals surface area (Å²) in [5.74, 6) is 1.32. The van der Waals surface area contributed by atoms with Crippen molar-refractivity contribution in [1.29, 1.82) is 0 Å². The van der Waals surface area contributed by atoms with Gasteiger partial charge in [0, 0.05) is 17.4 Å². The van der Waals surface area contributed by atoms with Gasteiger partial charge in [-0.15, -0.1) is 0 Å². The highest BCUT2D eigenvalue weighted by Crippen LogP contribution is 2.34. The SMILES string of the molecule is O=C(Nc1ccc2c(c1)OCO2)Nc1ccc2ccccc2c1. The monoisotopic (exact) mass is 306 g/mol. The number of amides is 2. The summed E-state index contributed by atoms with van der Waals surface area (Å²) in [5.41, 5.74) is 1.38. The lowest BCUT2D eigenvalue weighted by Gasteiger charge is -2.09. The van der Waals surface area contributed by atoms with Crippen molar-refractivity contribution in [1.82, 2.24) is 0 Å². The topological polar surface area (TPSA) is 59.6 Å². The van der Waals surface area contributed by atoms with Gasteiger partial charge in [-0.3, -0.25) is 0 Å². The van der Waals surface area contributed by atoms with E-state index in [9.17, 15) is 4.79 Å². The zero-order valence-electron chi connectivity index (χ0n) is 12.2. The Morgan fingerprint density at radius 2 is 1.48 bits per heavy atom. The molecule has 1 heterocycles. The molecule has 0 spiro atoms. The first kappa shape index (κ1) is 13.5. The molecule has 0 atom stereocenters. The van der Waals surface area contributed by atoms with Crippen molar-refractivity contribution < 1.29 is 14.3 Å². The Kier molecular flexibility index (Phi) is 3.24. The van der Waals surface area contributed by atoms with Crippen molar-refractivity contribution in [2.24, 2.45) is 0 Å². The number of nitrogens with one attached hydrogen (secondary N) is 2. The van der Waals surface area contributed by atoms with Crippen LogP contribution in [0.5, 0.6) is 11.5 Å². The lowest BCUT2D eigenvalue weighted by Crippen LogP contribution is -2.19. The minimum atomic E-state index is -0.306. The zero-order chi connectivity index (χ0) is 15.6. The molecule has 4 rings (SSSR count). The van der Waals surface area contributed by atoms with E-state index in [0.29, 0.717) is 17.2 Å². The number of hydrogen-bond donors (Lipinski definition) is 2. The molecule has 114 valence electrons. The maximum atomic E-state index is 12.1. The quantitative estimate of drug-likeness (QED) is 0.745. The Morgan fingerprint density at radius 3 is 2.35 bits per heavy atom. The van der Waals surface area contributed by atoms with E-state index in [0.717, 1.165) is 16.5 Å². The first-order valence-electron chi connectivity index (χ1n) is 7.24. The number of urea groups is 1. The summed E-state index contributed by atoms with van der Waals surface area (Å²) in [6, 6.07) is 18.8. The fourth-order valence-corrected chi connectivity index (χ4v) is 2.53. The first-order valence-corrected chi connectivity index (χ1v) is 7.24. The van der Waals surface area contributed by atoms with Crippen LogP contribution in [0.1, 0.15) is 0 Å². The maximum absolute atomic E-state index is 12.1. The molecule has 0 aromatic heterocycles. The summed E-state index contributed by atoms with van der Waals surface area (Å²) >= 11 is 0. The minimum Gasteiger partial charge on any atom is -0.454 e. The Hall–Kier alpha value is -3.21. The summed E-state index contributed by atoms with van der Waals surface area (Å²) in [5, 5.41) is 7.82. The van der Waals surface area contributed by atoms with Crippen LogP contribution in [0.15, 0.2) is 60.7 Å². The zero-order valence-corrected chi connectivity index (χ0v) is 12.2. The second-order valence-corrected chi connectivity index (χ2v) is 5.21. The molecule has 0 unspecified atom stereocenters. The van der Waals surface area contributed by atoms with Crippen LogP contribution in [0, 0.1) is 0 Å². The van der Waals surface area contributed by atoms with E-state index in [1.807, 2.05) is 42.5 Å². The number of carbonyl (C=O) groups is 1. The van der Waals surface area contributed by atoms with Crippen molar-refractivity contribution in [2.75, 3.05) is 17.4 Å². The smallest absolute Gasteiger partial charge is 0.323 e. The van der Waals surface area contributed by atoms with Crippen molar-refractivity contribution >= 4 is 28.2 Å². The molecule has 0 saturated carbocycles. The average molecular weight is 306 g/mol. The van der Waals surface area contributed by atoms with Crippen LogP contribution in [-0.4, -0.2) is 12.8 Å². The van der Waals surface area contributed by atoms with Gasteiger partial charge in [-0.2, -0.15) is 0 Å². The van der Waals surface area contributed by atoms with Gasteiger partial charge in [-0.05, 0) is 35.0 Å². The van der Waals surface area contributed by atoms with Crippen molar-refractivity contribution in [3.8, 4) is 11.5 Å². The van der Waals surface area contributed by atoms with Gasteiger partial charge in [-0.1, -0.05) is 30.3 Å². The van der Waals surface area contributed by atoms with Gasteiger partial charge in [0.05, 0.1) is 0 Å². The van der Waals surface area contributed by atoms with E-state index >= 15 is 0 Å². The number of fused-ring (bicyclic) bond motifs is 2. The van der Waals surface area contributed by atoms with Crippen LogP contribution in [-0.2, 0) is 0 Å². The summed E-state index contributed by atoms with van der Waals surface area (Å²) in [4.78, 5) is 12.1. The predicted molar refractivity (Wildman–Crippen MR) is 89.2 cm³/mol. The van der Waals surface area contributed by atoms with Crippen LogP contribution in [0.4, 0.5) is 16.2 Å². The highest BCUT2D eigenvalue weighted by atomic mass is 16.7. The molecule has 0 radical (unpaired) electrons. The Labute approximate surface area is 132 Å². The van der Waals surface area contributed by atoms with Crippen LogP contribution in [0.3, 0.4) is 0 Å². The molecule has 3 aromatic rings. The fourth-order valence-electron chi connectivity index (χ4n) is 2.53. The van der Waals surface area contributed by atoms with Gasteiger partial charge in [0.2, 0.25) is 6.79 Å². The largest absolute Gasteiger partial charge is 0.454 e. The van der Waals surface area contributed by atoms with Crippen LogP contribution in [0.25, 0.3) is 10.8 Å². The highest BCUT2D eigenvalue weighted by molar-refractivity contribution is 6.01. The molecule has 0 aliphatic carbocycles. The third kappa shape index (κ3) is 2.76. The molecule has 5 nitrogen and oxygen atoms in total. The second-order valence-electron chi connectivity index (χ2n) is 5.21. The Morgan fingerprint density at radius 1 is 0.783 bits per heavy atom. The first-order chi connectivity index (χ1) is 11.3. The van der Waals surface area contributed by atoms with Crippen LogP contribution < -0.4 is 20.1 Å². The molecule has 23 heavy (non-hydrogen) atoms. The highest BCUT2D eigenvalue weighted by Gasteiger charge is 2.14. The minimum absolute atomic E-state index is 0.210. The van der Waals surface area contributed by atoms with Gasteiger partial charge in [0.25, 0.3) is 0 Å². The molecular weight excluding hydrogens is 292 g/mol. The maximum Gasteiger partial charge on any atom is 0.323 e. The van der Waals surface area contributed by atoms with Crippen molar-refractivity contribution in [3.63, 3.8) is 0 Å². The van der Waals surface area contributed by atoms with Gasteiger partial charge < -0.3 is 20.1 Å². The Bertz CT molecular complexity index is 892. The number of ether oxygens (including phenoxy) is 2. The third-order valence-corrected chi connectivity index (χ3v) is 3.64. The van der Waals surface area contributed by atoms with E-state index in [1.54, 1.807) is 18.2 Å². The molecule has 0 saturated heterocycles. The third-order valence-electron chi connectivity index (χ3n) is 3.64. The van der Waals surface area contributed by atoms with E-state index in [1.165, 1.54) is 0 Å². The lowest BCUT2D eigenvalue weighted by atomic mass is 10.1. The summed E-state index contributed by atoms with van der Waals surface area (Å²) in [6.07, 6.45) is 0. The normalized spacial score (nSPS) is 12.2. The number of carbonyl (C=O) groups excluding carboxylic acids is 1. The summed E-state index contributed by atoms with van der Waals surface area (Å²) in [7, 11) is 0. The predicted octanol–water partition coefficient (Wildman–Crippen LogP) is 4.21. The van der Waals surface area contributed by atoms with Gasteiger partial charge >= 0.3 is 6.03 Å². The second kappa shape index (κ2) is 5.53. The number of anilines is 2. The summed E-state index contributed by atoms with van der Waals surface area (Å²) in [6.45, 7) is 0.210. The van der Waals surface area contributed by atoms with E-state index in [-0.39, 0.29) is 12.8 Å². The molecule has 3 aromatic carbocycles. The molecule has 1 aliphatic rings. The molecule has 2 amide bonds. The number of hydrogen-bond acceptors (Lipinski definition) is 3. The van der Waals surface area contributed by atoms with Gasteiger partial charge in [0.1, 0.15) is 0 Å². The lowest BCUT2D eigenvalue weighted by molar-refractivity contribution is 0.174. The van der Waals surface area contributed by atoms with Crippen LogP contribution >= 0.6 is 0 Å². The van der Waals surface area contributed by atoms with E-state index < -0.39 is 0 Å². The molecule has 0 fully saturated rings. The molecule has 0 bridgehead atoms. The fraction of sp³-hybridized carbons (Fsp3) is 0.0556. The van der Waals surface area contributed by atoms with Gasteiger partial charge in [-0.25, -0.2) is 4.79 Å². The molecule has 2 N–H and O–H groups in total. The summed E-state index contributed by atoms with van der Waals surface area (Å²) < 4.78 is 10.5. The molecule has 5 heteroatoms. The van der Waals surface area contributed by atoms with Crippen molar-refractivity contribution in [3.05, 3.63) is 60.7 Å². The Balaban J connectivity index is 1.48. The average Bonchev–Trinajstić information content (AvgIpc) is 3.02. The molecular formula is C18H14N2O3. The number of rotatable bonds is 2. The van der Waals surface area contributed by atoms with Gasteiger partial charge in [0.15, 0.2) is 11.5 Å². The van der Waals surface area contributed by atoms with E-state index in [4.69, 9.17) is 9.47 Å². The molecule has 1 aliphatic heterocycles. The van der Waals surface area contributed by atoms with Crippen LogP contribution in [0.2, 0.25) is 0 Å². The standard InChI is InChI=1S/C18H14N2O3/c21-18(20-15-7-8-16-17(10-15)23-11-22-16)19-14-6-5-12-3-1-2-4-13(12)9-14/h1-10H,11H2,(H2,19,20,21). The van der Waals surface area contributed by atoms with E-state index in [2.05, 4.69) is 10.6 Å².